The van der Waals surface area contributed by atoms with Gasteiger partial charge >= 0.3 is 0 Å². The summed E-state index contributed by atoms with van der Waals surface area (Å²) in [4.78, 5) is 22.8. The van der Waals surface area contributed by atoms with E-state index >= 15 is 0 Å². The highest BCUT2D eigenvalue weighted by molar-refractivity contribution is 7.98. The van der Waals surface area contributed by atoms with Gasteiger partial charge in [0.25, 0.3) is 5.91 Å². The fourth-order valence-corrected chi connectivity index (χ4v) is 4.52. The van der Waals surface area contributed by atoms with Gasteiger partial charge in [-0.1, -0.05) is 24.3 Å². The van der Waals surface area contributed by atoms with Gasteiger partial charge in [0.05, 0.1) is 27.8 Å². The van der Waals surface area contributed by atoms with Crippen LogP contribution in [0.25, 0.3) is 11.0 Å². The number of aryl methyl sites for hydroxylation is 1. The number of aromatic nitrogens is 3. The lowest BCUT2D eigenvalue weighted by atomic mass is 10.2. The number of benzene rings is 2. The number of carbonyl (C=O) groups is 1. The number of thioether (sulfide) groups is 1. The van der Waals surface area contributed by atoms with Gasteiger partial charge in [0.2, 0.25) is 5.95 Å². The van der Waals surface area contributed by atoms with Crippen molar-refractivity contribution in [3.8, 4) is 0 Å². The number of thiazole rings is 1. The van der Waals surface area contributed by atoms with Crippen molar-refractivity contribution < 1.29 is 4.79 Å². The van der Waals surface area contributed by atoms with Crippen molar-refractivity contribution in [1.82, 2.24) is 14.5 Å². The highest BCUT2D eigenvalue weighted by Gasteiger charge is 2.16. The molecule has 0 unspecified atom stereocenters. The monoisotopic (exact) mass is 394 g/mol. The maximum absolute atomic E-state index is 12.9. The van der Waals surface area contributed by atoms with Gasteiger partial charge < -0.3 is 4.57 Å². The van der Waals surface area contributed by atoms with E-state index in [2.05, 4.69) is 15.3 Å². The third-order valence-electron chi connectivity index (χ3n) is 4.19. The molecule has 0 aliphatic carbocycles. The van der Waals surface area contributed by atoms with Gasteiger partial charge in [0, 0.05) is 22.6 Å². The number of imidazole rings is 1. The Morgan fingerprint density at radius 3 is 2.81 bits per heavy atom. The normalized spacial score (nSPS) is 11.0. The zero-order valence-electron chi connectivity index (χ0n) is 14.8. The van der Waals surface area contributed by atoms with E-state index in [0.717, 1.165) is 33.9 Å². The summed E-state index contributed by atoms with van der Waals surface area (Å²) in [6, 6.07) is 15.5. The van der Waals surface area contributed by atoms with Crippen molar-refractivity contribution in [3.63, 3.8) is 0 Å². The SMILES string of the molecule is CCn1c(NC(=O)c2ccccc2SCc2cscn2)nc2ccccc21. The van der Waals surface area contributed by atoms with Crippen molar-refractivity contribution in [1.29, 1.82) is 0 Å². The van der Waals surface area contributed by atoms with Crippen LogP contribution in [0, 0.1) is 0 Å². The molecule has 2 aromatic heterocycles. The van der Waals surface area contributed by atoms with Gasteiger partial charge in [-0.3, -0.25) is 10.1 Å². The molecule has 0 radical (unpaired) electrons. The number of nitrogens with one attached hydrogen (secondary N) is 1. The predicted molar refractivity (Wildman–Crippen MR) is 111 cm³/mol. The number of carbonyl (C=O) groups excluding carboxylic acids is 1. The fraction of sp³-hybridized carbons (Fsp3) is 0.150. The lowest BCUT2D eigenvalue weighted by Crippen LogP contribution is -2.16. The van der Waals surface area contributed by atoms with E-state index in [9.17, 15) is 4.79 Å². The number of nitrogens with zero attached hydrogens (tertiary/aromatic N) is 3. The molecule has 0 saturated carbocycles. The van der Waals surface area contributed by atoms with Crippen LogP contribution in [-0.2, 0) is 12.3 Å². The Labute approximate surface area is 165 Å². The van der Waals surface area contributed by atoms with E-state index in [0.29, 0.717) is 11.5 Å². The molecule has 0 aliphatic rings. The van der Waals surface area contributed by atoms with E-state index in [4.69, 9.17) is 0 Å². The largest absolute Gasteiger partial charge is 0.310 e. The molecule has 1 N–H and O–H groups in total. The fourth-order valence-electron chi connectivity index (χ4n) is 2.90. The first-order valence-corrected chi connectivity index (χ1v) is 10.5. The summed E-state index contributed by atoms with van der Waals surface area (Å²) in [6.45, 7) is 2.78. The standard InChI is InChI=1S/C20H18N4OS2/c1-2-24-17-9-5-4-8-16(17)22-20(24)23-19(25)15-7-3-6-10-18(15)27-12-14-11-26-13-21-14/h3-11,13H,2,12H2,1H3,(H,22,23,25). The minimum atomic E-state index is -0.151. The van der Waals surface area contributed by atoms with Crippen LogP contribution in [0.2, 0.25) is 0 Å². The van der Waals surface area contributed by atoms with E-state index in [1.165, 1.54) is 0 Å². The Morgan fingerprint density at radius 1 is 1.19 bits per heavy atom. The minimum absolute atomic E-state index is 0.151. The van der Waals surface area contributed by atoms with Crippen LogP contribution in [0.1, 0.15) is 23.0 Å². The number of amides is 1. The molecule has 0 fully saturated rings. The van der Waals surface area contributed by atoms with Gasteiger partial charge in [0.1, 0.15) is 0 Å². The summed E-state index contributed by atoms with van der Waals surface area (Å²) < 4.78 is 2.01. The molecule has 5 nitrogen and oxygen atoms in total. The summed E-state index contributed by atoms with van der Waals surface area (Å²) in [5, 5.41) is 5.01. The molecule has 0 spiro atoms. The smallest absolute Gasteiger partial charge is 0.259 e. The topological polar surface area (TPSA) is 59.8 Å². The molecular formula is C20H18N4OS2. The molecule has 4 aromatic rings. The molecule has 4 rings (SSSR count). The van der Waals surface area contributed by atoms with E-state index < -0.39 is 0 Å². The average Bonchev–Trinajstić information content (AvgIpc) is 3.33. The lowest BCUT2D eigenvalue weighted by molar-refractivity contribution is 0.102. The average molecular weight is 395 g/mol. The molecular weight excluding hydrogens is 376 g/mol. The highest BCUT2D eigenvalue weighted by Crippen LogP contribution is 2.27. The second kappa shape index (κ2) is 7.94. The molecule has 1 amide bonds. The Morgan fingerprint density at radius 2 is 2.00 bits per heavy atom. The van der Waals surface area contributed by atoms with Crippen molar-refractivity contribution in [3.05, 3.63) is 70.7 Å². The number of rotatable bonds is 6. The van der Waals surface area contributed by atoms with Gasteiger partial charge in [-0.2, -0.15) is 0 Å². The molecule has 2 aromatic carbocycles. The number of hydrogen-bond donors (Lipinski definition) is 1. The van der Waals surface area contributed by atoms with E-state index in [1.54, 1.807) is 23.1 Å². The molecule has 0 bridgehead atoms. The molecule has 27 heavy (non-hydrogen) atoms. The van der Waals surface area contributed by atoms with E-state index in [1.807, 2.05) is 70.9 Å². The van der Waals surface area contributed by atoms with E-state index in [-0.39, 0.29) is 5.91 Å². The van der Waals surface area contributed by atoms with Crippen LogP contribution in [0.3, 0.4) is 0 Å². The molecule has 0 aliphatic heterocycles. The zero-order chi connectivity index (χ0) is 18.6. The second-order valence-electron chi connectivity index (χ2n) is 5.89. The number of fused-ring (bicyclic) bond motifs is 1. The summed E-state index contributed by atoms with van der Waals surface area (Å²) in [7, 11) is 0. The Balaban J connectivity index is 1.58. The van der Waals surface area contributed by atoms with Crippen LogP contribution in [-0.4, -0.2) is 20.4 Å². The summed E-state index contributed by atoms with van der Waals surface area (Å²) in [5.41, 5.74) is 5.38. The quantitative estimate of drug-likeness (QED) is 0.465. The first-order valence-electron chi connectivity index (χ1n) is 8.61. The van der Waals surface area contributed by atoms with Crippen molar-refractivity contribution >= 4 is 46.0 Å². The summed E-state index contributed by atoms with van der Waals surface area (Å²) >= 11 is 3.19. The minimum Gasteiger partial charge on any atom is -0.310 e. The van der Waals surface area contributed by atoms with Crippen molar-refractivity contribution in [2.45, 2.75) is 24.1 Å². The Kier molecular flexibility index (Phi) is 5.22. The van der Waals surface area contributed by atoms with Crippen LogP contribution < -0.4 is 5.32 Å². The van der Waals surface area contributed by atoms with Gasteiger partial charge in [0.15, 0.2) is 0 Å². The number of para-hydroxylation sites is 2. The Hall–Kier alpha value is -2.64. The van der Waals surface area contributed by atoms with Crippen LogP contribution in [0.5, 0.6) is 0 Å². The molecule has 0 saturated heterocycles. The molecule has 7 heteroatoms. The van der Waals surface area contributed by atoms with Crippen LogP contribution in [0.15, 0.2) is 64.3 Å². The lowest BCUT2D eigenvalue weighted by Gasteiger charge is -2.10. The second-order valence-corrected chi connectivity index (χ2v) is 7.62. The first-order chi connectivity index (χ1) is 13.3. The van der Waals surface area contributed by atoms with Crippen LogP contribution >= 0.6 is 23.1 Å². The maximum atomic E-state index is 12.9. The summed E-state index contributed by atoms with van der Waals surface area (Å²) in [5.74, 6) is 1.16. The molecule has 136 valence electrons. The zero-order valence-corrected chi connectivity index (χ0v) is 16.4. The number of hydrogen-bond acceptors (Lipinski definition) is 5. The summed E-state index contributed by atoms with van der Waals surface area (Å²) in [6.07, 6.45) is 0. The third-order valence-corrected chi connectivity index (χ3v) is 5.93. The van der Waals surface area contributed by atoms with Crippen LogP contribution in [0.4, 0.5) is 5.95 Å². The first kappa shape index (κ1) is 17.8. The third kappa shape index (κ3) is 3.74. The van der Waals surface area contributed by atoms with Crippen molar-refractivity contribution in [2.75, 3.05) is 5.32 Å². The highest BCUT2D eigenvalue weighted by atomic mass is 32.2. The molecule has 2 heterocycles. The Bertz CT molecular complexity index is 1070. The maximum Gasteiger partial charge on any atom is 0.259 e. The van der Waals surface area contributed by atoms with Gasteiger partial charge in [-0.25, -0.2) is 9.97 Å². The number of anilines is 1. The van der Waals surface area contributed by atoms with Gasteiger partial charge in [-0.05, 0) is 31.2 Å². The predicted octanol–water partition coefficient (Wildman–Crippen LogP) is 5.06. The van der Waals surface area contributed by atoms with Gasteiger partial charge in [-0.15, -0.1) is 23.1 Å². The molecule has 0 atom stereocenters. The van der Waals surface area contributed by atoms with Crippen molar-refractivity contribution in [2.24, 2.45) is 0 Å².